The van der Waals surface area contributed by atoms with Gasteiger partial charge in [0.05, 0.1) is 12.8 Å². The summed E-state index contributed by atoms with van der Waals surface area (Å²) in [4.78, 5) is 16.7. The minimum absolute atomic E-state index is 0.205. The Morgan fingerprint density at radius 1 is 1.11 bits per heavy atom. The molecule has 0 saturated carbocycles. The second-order valence-electron chi connectivity index (χ2n) is 6.75. The van der Waals surface area contributed by atoms with Crippen LogP contribution in [-0.2, 0) is 0 Å². The number of nitrogens with one attached hydrogen (secondary N) is 2. The van der Waals surface area contributed by atoms with Gasteiger partial charge in [-0.3, -0.25) is 4.90 Å². The van der Waals surface area contributed by atoms with Crippen molar-refractivity contribution in [3.05, 3.63) is 53.6 Å². The highest BCUT2D eigenvalue weighted by molar-refractivity contribution is 6.30. The number of halogens is 1. The summed E-state index contributed by atoms with van der Waals surface area (Å²) < 4.78 is 5.47. The van der Waals surface area contributed by atoms with Crippen LogP contribution in [0.2, 0.25) is 5.02 Å². The third-order valence-corrected chi connectivity index (χ3v) is 5.05. The predicted molar refractivity (Wildman–Crippen MR) is 115 cm³/mol. The Hall–Kier alpha value is -2.44. The van der Waals surface area contributed by atoms with E-state index in [0.717, 1.165) is 50.6 Å². The van der Waals surface area contributed by atoms with Gasteiger partial charge in [0, 0.05) is 43.4 Å². The molecule has 0 unspecified atom stereocenters. The fourth-order valence-electron chi connectivity index (χ4n) is 3.35. The summed E-state index contributed by atoms with van der Waals surface area (Å²) in [6.45, 7) is 5.57. The maximum atomic E-state index is 11.9. The number of para-hydroxylation sites is 2. The van der Waals surface area contributed by atoms with Crippen molar-refractivity contribution in [1.29, 1.82) is 0 Å². The largest absolute Gasteiger partial charge is 0.495 e. The molecule has 0 spiro atoms. The zero-order chi connectivity index (χ0) is 19.8. The number of piperazine rings is 1. The molecule has 0 radical (unpaired) electrons. The van der Waals surface area contributed by atoms with Gasteiger partial charge in [0.25, 0.3) is 0 Å². The Bertz CT molecular complexity index is 779. The Morgan fingerprint density at radius 3 is 2.64 bits per heavy atom. The number of methoxy groups -OCH3 is 1. The summed E-state index contributed by atoms with van der Waals surface area (Å²) in [5, 5.41) is 6.28. The van der Waals surface area contributed by atoms with Crippen LogP contribution in [0.4, 0.5) is 16.2 Å². The van der Waals surface area contributed by atoms with E-state index in [0.29, 0.717) is 17.3 Å². The molecule has 0 aromatic heterocycles. The fourth-order valence-corrected chi connectivity index (χ4v) is 3.54. The molecule has 1 saturated heterocycles. The highest BCUT2D eigenvalue weighted by atomic mass is 35.5. The first-order valence-corrected chi connectivity index (χ1v) is 9.94. The first kappa shape index (κ1) is 20.3. The molecule has 0 aliphatic carbocycles. The maximum Gasteiger partial charge on any atom is 0.319 e. The van der Waals surface area contributed by atoms with E-state index in [4.69, 9.17) is 16.3 Å². The third kappa shape index (κ3) is 5.78. The molecule has 2 aromatic rings. The number of hydrogen-bond donors (Lipinski definition) is 2. The SMILES string of the molecule is COc1ccccc1N1CCN(CCCNC(=O)Nc2cccc(Cl)c2)CC1. The average molecular weight is 403 g/mol. The van der Waals surface area contributed by atoms with Gasteiger partial charge in [0.2, 0.25) is 0 Å². The second kappa shape index (κ2) is 10.2. The van der Waals surface area contributed by atoms with Crippen molar-refractivity contribution < 1.29 is 9.53 Å². The molecule has 0 bridgehead atoms. The van der Waals surface area contributed by atoms with Crippen molar-refractivity contribution in [2.24, 2.45) is 0 Å². The van der Waals surface area contributed by atoms with E-state index in [1.54, 1.807) is 19.2 Å². The number of anilines is 2. The van der Waals surface area contributed by atoms with Gasteiger partial charge < -0.3 is 20.3 Å². The van der Waals surface area contributed by atoms with Crippen molar-refractivity contribution in [3.8, 4) is 5.75 Å². The number of ether oxygens (including phenoxy) is 1. The molecule has 1 fully saturated rings. The molecule has 6 nitrogen and oxygen atoms in total. The van der Waals surface area contributed by atoms with Gasteiger partial charge in [0.15, 0.2) is 0 Å². The van der Waals surface area contributed by atoms with Crippen molar-refractivity contribution >= 4 is 29.0 Å². The number of benzene rings is 2. The summed E-state index contributed by atoms with van der Waals surface area (Å²) in [5.41, 5.74) is 1.85. The fraction of sp³-hybridized carbons (Fsp3) is 0.381. The lowest BCUT2D eigenvalue weighted by Crippen LogP contribution is -2.47. The van der Waals surface area contributed by atoms with Gasteiger partial charge in [-0.15, -0.1) is 0 Å². The predicted octanol–water partition coefficient (Wildman–Crippen LogP) is 3.68. The highest BCUT2D eigenvalue weighted by Gasteiger charge is 2.19. The summed E-state index contributed by atoms with van der Waals surface area (Å²) in [6.07, 6.45) is 0.914. The zero-order valence-electron chi connectivity index (χ0n) is 16.2. The van der Waals surface area contributed by atoms with Gasteiger partial charge in [-0.2, -0.15) is 0 Å². The lowest BCUT2D eigenvalue weighted by atomic mass is 10.2. The number of carbonyl (C=O) groups excluding carboxylic acids is 1. The molecule has 28 heavy (non-hydrogen) atoms. The number of carbonyl (C=O) groups is 1. The molecular formula is C21H27ClN4O2. The van der Waals surface area contributed by atoms with Crippen molar-refractivity contribution in [2.45, 2.75) is 6.42 Å². The Balaban J connectivity index is 1.34. The molecule has 1 heterocycles. The van der Waals surface area contributed by atoms with Crippen LogP contribution in [0.25, 0.3) is 0 Å². The Kier molecular flexibility index (Phi) is 7.39. The Labute approximate surface area is 171 Å². The number of urea groups is 1. The van der Waals surface area contributed by atoms with E-state index in [1.165, 1.54) is 0 Å². The quantitative estimate of drug-likeness (QED) is 0.693. The summed E-state index contributed by atoms with van der Waals surface area (Å²) >= 11 is 5.92. The molecule has 1 aliphatic heterocycles. The average Bonchev–Trinajstić information content (AvgIpc) is 2.72. The van der Waals surface area contributed by atoms with Crippen LogP contribution in [0.15, 0.2) is 48.5 Å². The lowest BCUT2D eigenvalue weighted by molar-refractivity contribution is 0.244. The van der Waals surface area contributed by atoms with Crippen LogP contribution in [0.5, 0.6) is 5.75 Å². The number of nitrogens with zero attached hydrogens (tertiary/aromatic N) is 2. The van der Waals surface area contributed by atoms with E-state index >= 15 is 0 Å². The standard InChI is InChI=1S/C21H27ClN4O2/c1-28-20-9-3-2-8-19(20)26-14-12-25(13-15-26)11-5-10-23-21(27)24-18-7-4-6-17(22)16-18/h2-4,6-9,16H,5,10-15H2,1H3,(H2,23,24,27). The molecular weight excluding hydrogens is 376 g/mol. The first-order chi connectivity index (χ1) is 13.7. The summed E-state index contributed by atoms with van der Waals surface area (Å²) in [5.74, 6) is 0.922. The molecule has 2 aromatic carbocycles. The highest BCUT2D eigenvalue weighted by Crippen LogP contribution is 2.28. The van der Waals surface area contributed by atoms with Gasteiger partial charge in [0.1, 0.15) is 5.75 Å². The number of rotatable bonds is 7. The minimum atomic E-state index is -0.205. The molecule has 3 rings (SSSR count). The molecule has 150 valence electrons. The van der Waals surface area contributed by atoms with E-state index in [9.17, 15) is 4.79 Å². The van der Waals surface area contributed by atoms with Crippen molar-refractivity contribution in [3.63, 3.8) is 0 Å². The van der Waals surface area contributed by atoms with E-state index in [2.05, 4.69) is 26.5 Å². The maximum absolute atomic E-state index is 11.9. The van der Waals surface area contributed by atoms with Gasteiger partial charge in [-0.05, 0) is 43.3 Å². The molecule has 2 N–H and O–H groups in total. The normalized spacial score (nSPS) is 14.6. The van der Waals surface area contributed by atoms with E-state index in [-0.39, 0.29) is 6.03 Å². The smallest absolute Gasteiger partial charge is 0.319 e. The lowest BCUT2D eigenvalue weighted by Gasteiger charge is -2.36. The zero-order valence-corrected chi connectivity index (χ0v) is 16.9. The van der Waals surface area contributed by atoms with Gasteiger partial charge in [-0.1, -0.05) is 29.8 Å². The van der Waals surface area contributed by atoms with Crippen LogP contribution < -0.4 is 20.3 Å². The monoisotopic (exact) mass is 402 g/mol. The molecule has 0 atom stereocenters. The topological polar surface area (TPSA) is 56.8 Å². The van der Waals surface area contributed by atoms with Crippen molar-refractivity contribution in [2.75, 3.05) is 56.6 Å². The number of hydrogen-bond acceptors (Lipinski definition) is 4. The third-order valence-electron chi connectivity index (χ3n) is 4.82. The van der Waals surface area contributed by atoms with Crippen LogP contribution in [0.1, 0.15) is 6.42 Å². The van der Waals surface area contributed by atoms with Crippen LogP contribution >= 0.6 is 11.6 Å². The van der Waals surface area contributed by atoms with E-state index < -0.39 is 0 Å². The van der Waals surface area contributed by atoms with Crippen molar-refractivity contribution in [1.82, 2.24) is 10.2 Å². The first-order valence-electron chi connectivity index (χ1n) is 9.56. The van der Waals surface area contributed by atoms with E-state index in [1.807, 2.05) is 30.3 Å². The van der Waals surface area contributed by atoms with Crippen LogP contribution in [0.3, 0.4) is 0 Å². The van der Waals surface area contributed by atoms with Gasteiger partial charge in [-0.25, -0.2) is 4.79 Å². The Morgan fingerprint density at radius 2 is 1.89 bits per heavy atom. The van der Waals surface area contributed by atoms with Crippen LogP contribution in [0, 0.1) is 0 Å². The minimum Gasteiger partial charge on any atom is -0.495 e. The molecule has 2 amide bonds. The molecule has 1 aliphatic rings. The molecule has 7 heteroatoms. The van der Waals surface area contributed by atoms with Gasteiger partial charge >= 0.3 is 6.03 Å². The summed E-state index contributed by atoms with van der Waals surface area (Å²) in [6, 6.07) is 15.1. The number of amides is 2. The van der Waals surface area contributed by atoms with Crippen LogP contribution in [-0.4, -0.2) is 57.3 Å². The summed E-state index contributed by atoms with van der Waals surface area (Å²) in [7, 11) is 1.71. The second-order valence-corrected chi connectivity index (χ2v) is 7.18.